The van der Waals surface area contributed by atoms with Crippen molar-refractivity contribution in [2.75, 3.05) is 16.8 Å². The SMILES string of the molecule is CC[C@H](C)Nc1cc(N2CCc3cc(Br)ccc3C2)nc(C2CC2)n1. The van der Waals surface area contributed by atoms with E-state index < -0.39 is 0 Å². The van der Waals surface area contributed by atoms with Gasteiger partial charge < -0.3 is 10.2 Å². The summed E-state index contributed by atoms with van der Waals surface area (Å²) >= 11 is 3.58. The highest BCUT2D eigenvalue weighted by atomic mass is 79.9. The number of benzene rings is 1. The first kappa shape index (κ1) is 16.8. The zero-order valence-corrected chi connectivity index (χ0v) is 16.5. The van der Waals surface area contributed by atoms with Crippen molar-refractivity contribution in [2.24, 2.45) is 0 Å². The lowest BCUT2D eigenvalue weighted by atomic mass is 10.00. The highest BCUT2D eigenvalue weighted by molar-refractivity contribution is 9.10. The molecule has 1 aliphatic heterocycles. The first-order valence-corrected chi connectivity index (χ1v) is 10.1. The molecule has 1 N–H and O–H groups in total. The van der Waals surface area contributed by atoms with Crippen LogP contribution in [0.15, 0.2) is 28.7 Å². The van der Waals surface area contributed by atoms with Gasteiger partial charge in [0, 0.05) is 35.6 Å². The van der Waals surface area contributed by atoms with Gasteiger partial charge in [-0.25, -0.2) is 9.97 Å². The number of aromatic nitrogens is 2. The van der Waals surface area contributed by atoms with Crippen molar-refractivity contribution in [2.45, 2.75) is 58.0 Å². The Hall–Kier alpha value is -1.62. The second-order valence-electron chi connectivity index (χ2n) is 7.28. The van der Waals surface area contributed by atoms with E-state index in [1.165, 1.54) is 24.0 Å². The first-order chi connectivity index (χ1) is 12.1. The molecule has 2 heterocycles. The molecule has 1 aliphatic carbocycles. The maximum absolute atomic E-state index is 4.91. The van der Waals surface area contributed by atoms with Gasteiger partial charge in [-0.05, 0) is 55.9 Å². The van der Waals surface area contributed by atoms with Crippen molar-refractivity contribution in [3.8, 4) is 0 Å². The van der Waals surface area contributed by atoms with Crippen LogP contribution in [-0.4, -0.2) is 22.6 Å². The number of rotatable bonds is 5. The lowest BCUT2D eigenvalue weighted by Gasteiger charge is -2.30. The van der Waals surface area contributed by atoms with Crippen LogP contribution in [0.4, 0.5) is 11.6 Å². The fourth-order valence-corrected chi connectivity index (χ4v) is 3.69. The molecule has 4 nitrogen and oxygen atoms in total. The van der Waals surface area contributed by atoms with Gasteiger partial charge in [0.2, 0.25) is 0 Å². The van der Waals surface area contributed by atoms with Crippen molar-refractivity contribution in [1.29, 1.82) is 0 Å². The second kappa shape index (κ2) is 6.94. The average Bonchev–Trinajstić information content (AvgIpc) is 3.46. The highest BCUT2D eigenvalue weighted by Crippen LogP contribution is 2.39. The summed E-state index contributed by atoms with van der Waals surface area (Å²) in [4.78, 5) is 12.1. The summed E-state index contributed by atoms with van der Waals surface area (Å²) in [7, 11) is 0. The summed E-state index contributed by atoms with van der Waals surface area (Å²) in [6.07, 6.45) is 4.60. The van der Waals surface area contributed by atoms with Gasteiger partial charge in [-0.2, -0.15) is 0 Å². The van der Waals surface area contributed by atoms with Gasteiger partial charge in [0.05, 0.1) is 0 Å². The van der Waals surface area contributed by atoms with Crippen LogP contribution in [0.25, 0.3) is 0 Å². The summed E-state index contributed by atoms with van der Waals surface area (Å²) < 4.78 is 1.16. The number of hydrogen-bond donors (Lipinski definition) is 1. The first-order valence-electron chi connectivity index (χ1n) is 9.30. The Morgan fingerprint density at radius 2 is 2.08 bits per heavy atom. The molecule has 0 spiro atoms. The van der Waals surface area contributed by atoms with Crippen molar-refractivity contribution in [3.63, 3.8) is 0 Å². The largest absolute Gasteiger partial charge is 0.367 e. The maximum Gasteiger partial charge on any atom is 0.136 e. The molecule has 1 atom stereocenters. The molecule has 2 aromatic rings. The molecule has 0 saturated heterocycles. The molecule has 0 radical (unpaired) electrons. The third-order valence-electron chi connectivity index (χ3n) is 5.18. The van der Waals surface area contributed by atoms with Gasteiger partial charge in [-0.1, -0.05) is 28.9 Å². The summed E-state index contributed by atoms with van der Waals surface area (Å²) in [5, 5.41) is 3.54. The van der Waals surface area contributed by atoms with Crippen LogP contribution in [-0.2, 0) is 13.0 Å². The smallest absolute Gasteiger partial charge is 0.136 e. The summed E-state index contributed by atoms with van der Waals surface area (Å²) in [6, 6.07) is 9.16. The summed E-state index contributed by atoms with van der Waals surface area (Å²) in [6.45, 7) is 6.33. The van der Waals surface area contributed by atoms with Crippen molar-refractivity contribution < 1.29 is 0 Å². The molecule has 1 fully saturated rings. The molecule has 25 heavy (non-hydrogen) atoms. The Morgan fingerprint density at radius 1 is 1.24 bits per heavy atom. The van der Waals surface area contributed by atoms with E-state index in [9.17, 15) is 0 Å². The van der Waals surface area contributed by atoms with E-state index in [-0.39, 0.29) is 0 Å². The average molecular weight is 401 g/mol. The van der Waals surface area contributed by atoms with Crippen molar-refractivity contribution in [1.82, 2.24) is 9.97 Å². The Bertz CT molecular complexity index is 772. The van der Waals surface area contributed by atoms with E-state index in [2.05, 4.69) is 64.3 Å². The van der Waals surface area contributed by atoms with E-state index in [1.807, 2.05) is 0 Å². The minimum Gasteiger partial charge on any atom is -0.367 e. The molecule has 1 saturated carbocycles. The number of hydrogen-bond acceptors (Lipinski definition) is 4. The predicted molar refractivity (Wildman–Crippen MR) is 106 cm³/mol. The molecule has 1 aromatic heterocycles. The van der Waals surface area contributed by atoms with Crippen LogP contribution in [0.2, 0.25) is 0 Å². The number of fused-ring (bicyclic) bond motifs is 1. The zero-order chi connectivity index (χ0) is 17.4. The Kier molecular flexibility index (Phi) is 4.67. The van der Waals surface area contributed by atoms with Gasteiger partial charge >= 0.3 is 0 Å². The van der Waals surface area contributed by atoms with Crippen LogP contribution >= 0.6 is 15.9 Å². The third kappa shape index (κ3) is 3.81. The van der Waals surface area contributed by atoms with Gasteiger partial charge in [-0.15, -0.1) is 0 Å². The van der Waals surface area contributed by atoms with Crippen molar-refractivity contribution in [3.05, 3.63) is 45.7 Å². The zero-order valence-electron chi connectivity index (χ0n) is 14.9. The monoisotopic (exact) mass is 400 g/mol. The normalized spacial score (nSPS) is 18.0. The molecular formula is C20H25BrN4. The lowest BCUT2D eigenvalue weighted by Crippen LogP contribution is -2.31. The highest BCUT2D eigenvalue weighted by Gasteiger charge is 2.28. The Labute approximate surface area is 158 Å². The molecular weight excluding hydrogens is 376 g/mol. The minimum atomic E-state index is 0.425. The molecule has 0 bridgehead atoms. The van der Waals surface area contributed by atoms with E-state index in [0.717, 1.165) is 47.9 Å². The van der Waals surface area contributed by atoms with E-state index >= 15 is 0 Å². The van der Waals surface area contributed by atoms with Gasteiger partial charge in [0.15, 0.2) is 0 Å². The fourth-order valence-electron chi connectivity index (χ4n) is 3.28. The molecule has 4 rings (SSSR count). The van der Waals surface area contributed by atoms with Crippen LogP contribution in [0.3, 0.4) is 0 Å². The van der Waals surface area contributed by atoms with Crippen LogP contribution in [0.5, 0.6) is 0 Å². The number of anilines is 2. The van der Waals surface area contributed by atoms with Crippen LogP contribution < -0.4 is 10.2 Å². The second-order valence-corrected chi connectivity index (χ2v) is 8.20. The molecule has 2 aliphatic rings. The van der Waals surface area contributed by atoms with Crippen molar-refractivity contribution >= 4 is 27.6 Å². The van der Waals surface area contributed by atoms with E-state index in [1.54, 1.807) is 0 Å². The summed E-state index contributed by atoms with van der Waals surface area (Å²) in [5.41, 5.74) is 2.84. The molecule has 132 valence electrons. The molecule has 5 heteroatoms. The topological polar surface area (TPSA) is 41.0 Å². The maximum atomic E-state index is 4.91. The minimum absolute atomic E-state index is 0.425. The Morgan fingerprint density at radius 3 is 2.84 bits per heavy atom. The quantitative estimate of drug-likeness (QED) is 0.775. The van der Waals surface area contributed by atoms with Crippen LogP contribution in [0, 0.1) is 0 Å². The number of halogens is 1. The van der Waals surface area contributed by atoms with Crippen LogP contribution in [0.1, 0.15) is 56.0 Å². The molecule has 0 unspecified atom stereocenters. The number of nitrogens with zero attached hydrogens (tertiary/aromatic N) is 3. The summed E-state index contributed by atoms with van der Waals surface area (Å²) in [5.74, 6) is 3.62. The third-order valence-corrected chi connectivity index (χ3v) is 5.68. The lowest BCUT2D eigenvalue weighted by molar-refractivity contribution is 0.710. The fraction of sp³-hybridized carbons (Fsp3) is 0.500. The van der Waals surface area contributed by atoms with Gasteiger partial charge in [0.1, 0.15) is 17.5 Å². The molecule has 0 amide bonds. The van der Waals surface area contributed by atoms with Gasteiger partial charge in [-0.3, -0.25) is 0 Å². The predicted octanol–water partition coefficient (Wildman–Crippen LogP) is 4.89. The Balaban J connectivity index is 1.61. The van der Waals surface area contributed by atoms with Gasteiger partial charge in [0.25, 0.3) is 0 Å². The number of nitrogens with one attached hydrogen (secondary N) is 1. The molecule has 1 aromatic carbocycles. The van der Waals surface area contributed by atoms with E-state index in [4.69, 9.17) is 9.97 Å². The van der Waals surface area contributed by atoms with E-state index in [0.29, 0.717) is 12.0 Å². The standard InChI is InChI=1S/C20H25BrN4/c1-3-13(2)22-18-11-19(24-20(23-18)14-4-5-14)25-9-8-15-10-17(21)7-6-16(15)12-25/h6-7,10-11,13-14H,3-5,8-9,12H2,1-2H3,(H,22,23,24)/t13-/m0/s1.